The van der Waals surface area contributed by atoms with Gasteiger partial charge in [0.05, 0.1) is 16.8 Å². The molecular weight excluding hydrogens is 471 g/mol. The Morgan fingerprint density at radius 1 is 1.24 bits per heavy atom. The van der Waals surface area contributed by atoms with Crippen LogP contribution in [0.5, 0.6) is 5.75 Å². The summed E-state index contributed by atoms with van der Waals surface area (Å²) in [6, 6.07) is 4.82. The summed E-state index contributed by atoms with van der Waals surface area (Å²) < 4.78 is 102. The fraction of sp³-hybridized carbons (Fsp3) is 0.304. The van der Waals surface area contributed by atoms with Crippen molar-refractivity contribution in [2.24, 2.45) is 0 Å². The van der Waals surface area contributed by atoms with Crippen molar-refractivity contribution in [1.29, 1.82) is 0 Å². The van der Waals surface area contributed by atoms with Crippen LogP contribution in [-0.4, -0.2) is 37.4 Å². The molecule has 1 aliphatic heterocycles. The second-order valence-corrected chi connectivity index (χ2v) is 7.55. The second kappa shape index (κ2) is 9.47. The van der Waals surface area contributed by atoms with Gasteiger partial charge in [0.2, 0.25) is 6.29 Å². The monoisotopic (exact) mass is 488 g/mol. The van der Waals surface area contributed by atoms with Crippen molar-refractivity contribution in [3.05, 3.63) is 65.0 Å². The summed E-state index contributed by atoms with van der Waals surface area (Å²) in [5, 5.41) is 0. The molecule has 4 nitrogen and oxygen atoms in total. The molecule has 1 atom stereocenters. The van der Waals surface area contributed by atoms with E-state index in [0.29, 0.717) is 23.1 Å². The summed E-state index contributed by atoms with van der Waals surface area (Å²) in [6.45, 7) is -0.105. The van der Waals surface area contributed by atoms with E-state index in [1.807, 2.05) is 0 Å². The van der Waals surface area contributed by atoms with Gasteiger partial charge in [-0.1, -0.05) is 0 Å². The summed E-state index contributed by atoms with van der Waals surface area (Å²) in [6.07, 6.45) is -5.93. The molecule has 0 saturated carbocycles. The summed E-state index contributed by atoms with van der Waals surface area (Å²) in [5.41, 5.74) is -4.03. The van der Waals surface area contributed by atoms with Crippen LogP contribution in [0.4, 0.5) is 36.4 Å². The molecule has 0 saturated heterocycles. The van der Waals surface area contributed by atoms with Crippen molar-refractivity contribution in [2.45, 2.75) is 31.6 Å². The minimum Gasteiger partial charge on any atom is -0.491 e. The topological polar surface area (TPSA) is 46.6 Å². The number of anilines is 1. The quantitative estimate of drug-likeness (QED) is 0.397. The van der Waals surface area contributed by atoms with Gasteiger partial charge in [-0.25, -0.2) is 17.6 Å². The highest BCUT2D eigenvalue weighted by atomic mass is 19.4. The van der Waals surface area contributed by atoms with Gasteiger partial charge in [-0.15, -0.1) is 0 Å². The standard InChI is InChI=1S/C23H17F7NO3/c1-13(24)12-34-15-3-4-16(19(11-15)23(28,29)30)21(33)31-8-7-22(26,27)18(6-9-32)17-10-14(25)2-5-20(17)31/h2-6,10-11,13H,7-8,12H2,1H3/b18-6-/t13-/m1/s1. The Balaban J connectivity index is 2.13. The second-order valence-electron chi connectivity index (χ2n) is 7.55. The number of halogens is 7. The summed E-state index contributed by atoms with van der Waals surface area (Å²) in [4.78, 5) is 24.7. The summed E-state index contributed by atoms with van der Waals surface area (Å²) >= 11 is 0. The number of allylic oxidation sites excluding steroid dienone is 2. The van der Waals surface area contributed by atoms with E-state index in [-0.39, 0.29) is 11.4 Å². The number of ether oxygens (including phenoxy) is 1. The molecule has 1 heterocycles. The highest BCUT2D eigenvalue weighted by molar-refractivity contribution is 6.09. The largest absolute Gasteiger partial charge is 0.491 e. The maximum atomic E-state index is 14.7. The predicted molar refractivity (Wildman–Crippen MR) is 109 cm³/mol. The van der Waals surface area contributed by atoms with Crippen molar-refractivity contribution in [2.75, 3.05) is 18.1 Å². The van der Waals surface area contributed by atoms with Crippen molar-refractivity contribution >= 4 is 23.5 Å². The third-order valence-corrected chi connectivity index (χ3v) is 5.04. The average Bonchev–Trinajstić information content (AvgIpc) is 2.85. The summed E-state index contributed by atoms with van der Waals surface area (Å²) in [5.74, 6) is -6.27. The van der Waals surface area contributed by atoms with Gasteiger partial charge in [0.25, 0.3) is 11.8 Å². The normalized spacial score (nSPS) is 17.6. The number of carbonyl (C=O) groups is 1. The molecule has 3 rings (SSSR count). The molecule has 34 heavy (non-hydrogen) atoms. The Labute approximate surface area is 189 Å². The average molecular weight is 488 g/mol. The number of hydrogen-bond acceptors (Lipinski definition) is 3. The lowest BCUT2D eigenvalue weighted by atomic mass is 9.97. The smallest absolute Gasteiger partial charge is 0.417 e. The number of nitrogens with zero attached hydrogens (tertiary/aromatic N) is 1. The zero-order valence-corrected chi connectivity index (χ0v) is 17.6. The van der Waals surface area contributed by atoms with E-state index in [9.17, 15) is 40.3 Å². The van der Waals surface area contributed by atoms with Gasteiger partial charge in [0, 0.05) is 24.1 Å². The van der Waals surface area contributed by atoms with E-state index in [0.717, 1.165) is 31.2 Å². The summed E-state index contributed by atoms with van der Waals surface area (Å²) in [7, 11) is 0. The maximum Gasteiger partial charge on any atom is 0.417 e. The van der Waals surface area contributed by atoms with Crippen LogP contribution >= 0.6 is 0 Å². The predicted octanol–water partition coefficient (Wildman–Crippen LogP) is 5.76. The van der Waals surface area contributed by atoms with E-state index < -0.39 is 71.8 Å². The molecule has 1 radical (unpaired) electrons. The van der Waals surface area contributed by atoms with Crippen molar-refractivity contribution in [3.8, 4) is 5.75 Å². The van der Waals surface area contributed by atoms with E-state index in [2.05, 4.69) is 0 Å². The SMILES string of the molecule is C[C@@H](F)COc1ccc(C(=O)N2CCC(F)(F)/C(=C\[C]=O)c3cc(F)ccc32)c(C(F)(F)F)c1. The van der Waals surface area contributed by atoms with Crippen LogP contribution in [0.3, 0.4) is 0 Å². The lowest BCUT2D eigenvalue weighted by molar-refractivity contribution is -0.138. The lowest BCUT2D eigenvalue weighted by Crippen LogP contribution is -2.34. The van der Waals surface area contributed by atoms with E-state index in [1.165, 1.54) is 6.29 Å². The molecule has 0 spiro atoms. The molecule has 181 valence electrons. The van der Waals surface area contributed by atoms with Crippen LogP contribution < -0.4 is 9.64 Å². The zero-order valence-electron chi connectivity index (χ0n) is 17.6. The number of amides is 1. The Morgan fingerprint density at radius 3 is 2.56 bits per heavy atom. The van der Waals surface area contributed by atoms with Crippen LogP contribution in [0, 0.1) is 5.82 Å². The molecule has 1 aliphatic rings. The van der Waals surface area contributed by atoms with Crippen LogP contribution in [0.25, 0.3) is 5.57 Å². The molecule has 0 unspecified atom stereocenters. The first-order chi connectivity index (χ1) is 15.8. The minimum absolute atomic E-state index is 0.301. The van der Waals surface area contributed by atoms with Gasteiger partial charge in [-0.05, 0) is 49.4 Å². The number of benzene rings is 2. The Morgan fingerprint density at radius 2 is 1.94 bits per heavy atom. The van der Waals surface area contributed by atoms with Crippen LogP contribution in [0.2, 0.25) is 0 Å². The van der Waals surface area contributed by atoms with Gasteiger partial charge in [0.1, 0.15) is 24.3 Å². The van der Waals surface area contributed by atoms with Gasteiger partial charge in [-0.2, -0.15) is 13.2 Å². The first-order valence-electron chi connectivity index (χ1n) is 9.91. The molecule has 2 aromatic rings. The highest BCUT2D eigenvalue weighted by Crippen LogP contribution is 2.44. The molecule has 0 fully saturated rings. The van der Waals surface area contributed by atoms with Gasteiger partial charge >= 0.3 is 6.18 Å². The van der Waals surface area contributed by atoms with Gasteiger partial charge in [-0.3, -0.25) is 9.59 Å². The molecule has 1 amide bonds. The molecule has 2 aromatic carbocycles. The zero-order chi connectivity index (χ0) is 25.3. The fourth-order valence-corrected chi connectivity index (χ4v) is 3.51. The van der Waals surface area contributed by atoms with E-state index in [4.69, 9.17) is 4.74 Å². The molecule has 0 N–H and O–H groups in total. The van der Waals surface area contributed by atoms with Crippen LogP contribution in [0.15, 0.2) is 42.5 Å². The molecule has 11 heteroatoms. The Hall–Kier alpha value is -3.37. The van der Waals surface area contributed by atoms with Crippen molar-refractivity contribution < 1.29 is 45.1 Å². The van der Waals surface area contributed by atoms with Crippen LogP contribution in [-0.2, 0) is 11.0 Å². The Kier molecular flexibility index (Phi) is 7.04. The molecule has 0 bridgehead atoms. The number of carbonyl (C=O) groups excluding carboxylic acids is 2. The number of alkyl halides is 6. The van der Waals surface area contributed by atoms with Crippen LogP contribution in [0.1, 0.15) is 34.8 Å². The molecule has 0 aliphatic carbocycles. The third kappa shape index (κ3) is 5.23. The van der Waals surface area contributed by atoms with Gasteiger partial charge in [0.15, 0.2) is 0 Å². The molecular formula is C23H17F7NO3. The lowest BCUT2D eigenvalue weighted by Gasteiger charge is -2.24. The number of hydrogen-bond donors (Lipinski definition) is 0. The minimum atomic E-state index is -5.04. The number of rotatable bonds is 5. The third-order valence-electron chi connectivity index (χ3n) is 5.04. The Bertz CT molecular complexity index is 1130. The van der Waals surface area contributed by atoms with E-state index >= 15 is 0 Å². The fourth-order valence-electron chi connectivity index (χ4n) is 3.51. The van der Waals surface area contributed by atoms with Gasteiger partial charge < -0.3 is 9.64 Å². The number of fused-ring (bicyclic) bond motifs is 1. The first kappa shape index (κ1) is 25.3. The highest BCUT2D eigenvalue weighted by Gasteiger charge is 2.43. The van der Waals surface area contributed by atoms with Crippen molar-refractivity contribution in [3.63, 3.8) is 0 Å². The maximum absolute atomic E-state index is 14.7. The first-order valence-corrected chi connectivity index (χ1v) is 9.91. The van der Waals surface area contributed by atoms with Crippen molar-refractivity contribution in [1.82, 2.24) is 0 Å². The molecule has 0 aromatic heterocycles. The van der Waals surface area contributed by atoms with E-state index in [1.54, 1.807) is 0 Å².